The van der Waals surface area contributed by atoms with Crippen molar-refractivity contribution in [3.8, 4) is 0 Å². The predicted octanol–water partition coefficient (Wildman–Crippen LogP) is 0.522. The van der Waals surface area contributed by atoms with E-state index in [1.165, 1.54) is 37.1 Å². The molecule has 0 amide bonds. The number of hydrogen-bond donors (Lipinski definition) is 3. The molecule has 2 aromatic carbocycles. The summed E-state index contributed by atoms with van der Waals surface area (Å²) in [5.74, 6) is -0.642. The average Bonchev–Trinajstić information content (AvgIpc) is 3.69. The molecule has 2 unspecified atom stereocenters. The van der Waals surface area contributed by atoms with Crippen LogP contribution in [0.3, 0.4) is 0 Å². The number of benzene rings is 2. The Labute approximate surface area is 249 Å². The van der Waals surface area contributed by atoms with Gasteiger partial charge in [0.25, 0.3) is 0 Å². The molecule has 0 saturated carbocycles. The van der Waals surface area contributed by atoms with E-state index in [0.29, 0.717) is 6.61 Å². The number of aliphatic hydroxyl groups excluding tert-OH is 1. The van der Waals surface area contributed by atoms with Crippen molar-refractivity contribution in [1.82, 2.24) is 10.6 Å². The van der Waals surface area contributed by atoms with Gasteiger partial charge < -0.3 is 21.3 Å². The number of rotatable bonds is 5. The van der Waals surface area contributed by atoms with Crippen LogP contribution in [0.1, 0.15) is 70.1 Å². The Morgan fingerprint density at radius 2 is 1.42 bits per heavy atom. The summed E-state index contributed by atoms with van der Waals surface area (Å²) in [5.41, 5.74) is 2.11. The summed E-state index contributed by atoms with van der Waals surface area (Å²) in [6.07, 6.45) is 6.19. The van der Waals surface area contributed by atoms with Gasteiger partial charge in [0.2, 0.25) is 0 Å². The molecule has 3 fully saturated rings. The molecule has 0 aliphatic carbocycles. The van der Waals surface area contributed by atoms with Gasteiger partial charge in [-0.2, -0.15) is 0 Å². The average molecular weight is 543 g/mol. The minimum Gasteiger partial charge on any atom is -1.00 e. The molecule has 0 aromatic heterocycles. The van der Waals surface area contributed by atoms with Gasteiger partial charge in [-0.15, -0.1) is 0 Å². The summed E-state index contributed by atoms with van der Waals surface area (Å²) in [5, 5.41) is 15.5. The van der Waals surface area contributed by atoms with Crippen molar-refractivity contribution in [2.24, 2.45) is 0 Å². The predicted molar refractivity (Wildman–Crippen MR) is 145 cm³/mol. The number of aliphatic hydroxyl groups is 1. The van der Waals surface area contributed by atoms with E-state index in [4.69, 9.17) is 14.6 Å². The van der Waals surface area contributed by atoms with Gasteiger partial charge in [-0.05, 0) is 80.8 Å². The third-order valence-electron chi connectivity index (χ3n) is 6.55. The van der Waals surface area contributed by atoms with Crippen molar-refractivity contribution >= 4 is 23.3 Å². The number of hydrogen-bond acceptors (Lipinski definition) is 6. The van der Waals surface area contributed by atoms with Crippen LogP contribution in [-0.4, -0.2) is 66.9 Å². The number of esters is 1. The maximum Gasteiger partial charge on any atom is 1.00 e. The van der Waals surface area contributed by atoms with Gasteiger partial charge in [0.15, 0.2) is 17.4 Å². The van der Waals surface area contributed by atoms with Crippen molar-refractivity contribution in [3.63, 3.8) is 0 Å². The fourth-order valence-corrected chi connectivity index (χ4v) is 4.56. The van der Waals surface area contributed by atoms with Crippen LogP contribution < -0.4 is 29.5 Å². The first-order valence-electron chi connectivity index (χ1n) is 12.9. The molecular weight excluding hydrogens is 500 g/mol. The second-order valence-corrected chi connectivity index (χ2v) is 9.20. The standard InChI is InChI=1S/C13H16FNO2.C11H14FNO.C4H8O.Al.Li.4H/c1-2-17-13(16)12-8-7-11(15-12)9-3-5-10(14)6-4-9;12-9-3-1-8(2-4-9)11-6-5-10(7-14)13-11;1-2-4-5-3-1;;;;;;/h3-6,11-12,15H,2,7-8H2,1H3;1-4,10-11,13-14H,5-7H2;1-4H2;;;;;;/q;;;;+1;;;;-1/t11?,12-;10-,11?;;;;;;;/m11......./s1. The second kappa shape index (κ2) is 18.9. The van der Waals surface area contributed by atoms with Gasteiger partial charge in [-0.3, -0.25) is 10.1 Å². The molecule has 0 radical (unpaired) electrons. The Morgan fingerprint density at radius 3 is 1.84 bits per heavy atom. The van der Waals surface area contributed by atoms with Crippen LogP contribution in [0.4, 0.5) is 8.78 Å². The molecule has 5 rings (SSSR count). The molecule has 0 bridgehead atoms. The number of halogens is 2. The molecule has 3 saturated heterocycles. The number of ether oxygens (including phenoxy) is 2. The zero-order chi connectivity index (χ0) is 25.8. The molecule has 6 nitrogen and oxygen atoms in total. The number of nitrogens with one attached hydrogen (secondary N) is 2. The third kappa shape index (κ3) is 11.5. The van der Waals surface area contributed by atoms with Gasteiger partial charge in [0.1, 0.15) is 17.7 Å². The fraction of sp³-hybridized carbons (Fsp3) is 0.536. The van der Waals surface area contributed by atoms with Crippen molar-refractivity contribution in [3.05, 3.63) is 71.3 Å². The quantitative estimate of drug-likeness (QED) is 0.378. The Morgan fingerprint density at radius 1 is 0.921 bits per heavy atom. The maximum atomic E-state index is 12.8. The normalized spacial score (nSPS) is 23.6. The van der Waals surface area contributed by atoms with Crippen LogP contribution in [-0.2, 0) is 14.3 Å². The molecule has 3 aliphatic rings. The summed E-state index contributed by atoms with van der Waals surface area (Å²) in [7, 11) is 0. The van der Waals surface area contributed by atoms with E-state index in [1.54, 1.807) is 31.2 Å². The van der Waals surface area contributed by atoms with Gasteiger partial charge in [-0.1, -0.05) is 24.3 Å². The molecular formula is C28H42AlF2LiN2O4. The molecule has 2 aromatic rings. The van der Waals surface area contributed by atoms with E-state index < -0.39 is 0 Å². The van der Waals surface area contributed by atoms with E-state index in [-0.39, 0.29) is 86.0 Å². The van der Waals surface area contributed by atoms with E-state index in [2.05, 4.69) is 10.6 Å². The van der Waals surface area contributed by atoms with Crippen molar-refractivity contribution in [1.29, 1.82) is 0 Å². The van der Waals surface area contributed by atoms with Gasteiger partial charge in [0, 0.05) is 31.3 Å². The smallest absolute Gasteiger partial charge is 1.00 e. The largest absolute Gasteiger partial charge is 1.00 e. The molecule has 3 aliphatic heterocycles. The summed E-state index contributed by atoms with van der Waals surface area (Å²) < 4.78 is 35.4. The Balaban J connectivity index is 0.000000595. The third-order valence-corrected chi connectivity index (χ3v) is 6.55. The number of carbonyl (C=O) groups excluding carboxylic acids is 1. The van der Waals surface area contributed by atoms with Gasteiger partial charge in [0.05, 0.1) is 13.2 Å². The first-order chi connectivity index (χ1) is 17.5. The van der Waals surface area contributed by atoms with E-state index >= 15 is 0 Å². The second-order valence-electron chi connectivity index (χ2n) is 9.20. The molecule has 38 heavy (non-hydrogen) atoms. The van der Waals surface area contributed by atoms with Crippen LogP contribution in [0.5, 0.6) is 0 Å². The van der Waals surface area contributed by atoms with Crippen LogP contribution in [0.25, 0.3) is 0 Å². The van der Waals surface area contributed by atoms with Crippen LogP contribution in [0.2, 0.25) is 0 Å². The summed E-state index contributed by atoms with van der Waals surface area (Å²) >= 11 is 0. The summed E-state index contributed by atoms with van der Waals surface area (Å²) in [6.45, 7) is 4.38. The van der Waals surface area contributed by atoms with Crippen molar-refractivity contribution in [2.45, 2.75) is 69.6 Å². The molecule has 0 spiro atoms. The topological polar surface area (TPSA) is 79.8 Å². The minimum absolute atomic E-state index is 0. The SMILES string of the molecule is C1CCOC1.CCOC(=O)[C@H]1CCC(c2ccc(F)cc2)N1.OC[C@H]1CCC(c2ccc(F)cc2)N1.[AlH3].[H-].[Li+]. The van der Waals surface area contributed by atoms with Gasteiger partial charge >= 0.3 is 24.8 Å². The van der Waals surface area contributed by atoms with E-state index in [0.717, 1.165) is 50.0 Å². The zero-order valence-electron chi connectivity index (χ0n) is 22.9. The molecule has 206 valence electrons. The minimum atomic E-state index is -0.242. The summed E-state index contributed by atoms with van der Waals surface area (Å²) in [6, 6.07) is 13.3. The van der Waals surface area contributed by atoms with Crippen LogP contribution in [0.15, 0.2) is 48.5 Å². The molecule has 10 heteroatoms. The van der Waals surface area contributed by atoms with E-state index in [1.807, 2.05) is 0 Å². The van der Waals surface area contributed by atoms with Crippen LogP contribution in [0, 0.1) is 11.6 Å². The molecule has 4 atom stereocenters. The van der Waals surface area contributed by atoms with Crippen molar-refractivity contribution in [2.75, 3.05) is 26.4 Å². The Bertz CT molecular complexity index is 919. The first kappa shape index (κ1) is 34.8. The van der Waals surface area contributed by atoms with Gasteiger partial charge in [-0.25, -0.2) is 8.78 Å². The van der Waals surface area contributed by atoms with Crippen LogP contribution >= 0.6 is 0 Å². The Kier molecular flexibility index (Phi) is 17.3. The number of carbonyl (C=O) groups is 1. The Hall–Kier alpha value is -1.26. The van der Waals surface area contributed by atoms with Crippen molar-refractivity contribution < 1.29 is 48.4 Å². The first-order valence-corrected chi connectivity index (χ1v) is 12.9. The molecule has 3 N–H and O–H groups in total. The zero-order valence-corrected chi connectivity index (χ0v) is 21.9. The maximum absolute atomic E-state index is 12.8. The monoisotopic (exact) mass is 542 g/mol. The molecule has 3 heterocycles. The summed E-state index contributed by atoms with van der Waals surface area (Å²) in [4.78, 5) is 11.5. The van der Waals surface area contributed by atoms with E-state index in [9.17, 15) is 13.6 Å². The fourth-order valence-electron chi connectivity index (χ4n) is 4.56.